The van der Waals surface area contributed by atoms with E-state index < -0.39 is 0 Å². The van der Waals surface area contributed by atoms with E-state index in [1.807, 2.05) is 12.1 Å². The minimum Gasteiger partial charge on any atom is -0.508 e. The number of phenols is 1. The van der Waals surface area contributed by atoms with E-state index in [1.54, 1.807) is 6.07 Å². The van der Waals surface area contributed by atoms with Crippen LogP contribution in [0.3, 0.4) is 0 Å². The van der Waals surface area contributed by atoms with Gasteiger partial charge in [0, 0.05) is 11.5 Å². The summed E-state index contributed by atoms with van der Waals surface area (Å²) in [7, 11) is 0. The average Bonchev–Trinajstić information content (AvgIpc) is 2.80. The van der Waals surface area contributed by atoms with Crippen LogP contribution >= 0.6 is 0 Å². The first kappa shape index (κ1) is 11.3. The van der Waals surface area contributed by atoms with Gasteiger partial charge in [-0.3, -0.25) is 0 Å². The number of fused-ring (bicyclic) bond motifs is 1. The molecule has 2 aromatic rings. The van der Waals surface area contributed by atoms with Gasteiger partial charge in [-0.15, -0.1) is 0 Å². The summed E-state index contributed by atoms with van der Waals surface area (Å²) < 4.78 is 0. The SMILES string of the molecule is Cc1ccc(C)c2c1CCC2c1ccccc1O. The van der Waals surface area contributed by atoms with Gasteiger partial charge in [-0.05, 0) is 55.0 Å². The molecule has 2 aromatic carbocycles. The van der Waals surface area contributed by atoms with Gasteiger partial charge in [0.2, 0.25) is 0 Å². The fourth-order valence-corrected chi connectivity index (χ4v) is 3.23. The van der Waals surface area contributed by atoms with Crippen LogP contribution in [0.1, 0.15) is 40.2 Å². The summed E-state index contributed by atoms with van der Waals surface area (Å²) in [6, 6.07) is 12.2. The van der Waals surface area contributed by atoms with E-state index in [1.165, 1.54) is 22.3 Å². The van der Waals surface area contributed by atoms with Crippen LogP contribution < -0.4 is 0 Å². The van der Waals surface area contributed by atoms with Crippen molar-refractivity contribution >= 4 is 0 Å². The summed E-state index contributed by atoms with van der Waals surface area (Å²) in [6.45, 7) is 4.36. The lowest BCUT2D eigenvalue weighted by Crippen LogP contribution is -1.99. The number of aryl methyl sites for hydroxylation is 2. The van der Waals surface area contributed by atoms with E-state index in [4.69, 9.17) is 0 Å². The van der Waals surface area contributed by atoms with Gasteiger partial charge < -0.3 is 5.11 Å². The molecular formula is C17H18O. The molecule has 1 heteroatoms. The van der Waals surface area contributed by atoms with E-state index in [0.717, 1.165) is 18.4 Å². The Labute approximate surface area is 108 Å². The first-order chi connectivity index (χ1) is 8.68. The molecule has 0 aromatic heterocycles. The van der Waals surface area contributed by atoms with Gasteiger partial charge in [-0.25, -0.2) is 0 Å². The highest BCUT2D eigenvalue weighted by Gasteiger charge is 2.28. The third kappa shape index (κ3) is 1.62. The number of hydrogen-bond donors (Lipinski definition) is 1. The normalized spacial score (nSPS) is 17.8. The van der Waals surface area contributed by atoms with Crippen LogP contribution in [-0.4, -0.2) is 5.11 Å². The van der Waals surface area contributed by atoms with Crippen molar-refractivity contribution in [2.75, 3.05) is 0 Å². The Balaban J connectivity index is 2.16. The maximum atomic E-state index is 10.1. The third-order valence-electron chi connectivity index (χ3n) is 4.15. The molecule has 1 unspecified atom stereocenters. The van der Waals surface area contributed by atoms with Crippen LogP contribution in [0.5, 0.6) is 5.75 Å². The number of benzene rings is 2. The van der Waals surface area contributed by atoms with Crippen LogP contribution in [-0.2, 0) is 6.42 Å². The standard InChI is InChI=1S/C17H18O/c1-11-7-8-12(2)17-13(11)9-10-15(17)14-5-3-4-6-16(14)18/h3-8,15,18H,9-10H2,1-2H3. The molecule has 1 aliphatic rings. The second-order valence-corrected chi connectivity index (χ2v) is 5.24. The fourth-order valence-electron chi connectivity index (χ4n) is 3.23. The number of rotatable bonds is 1. The largest absolute Gasteiger partial charge is 0.508 e. The molecule has 0 heterocycles. The Hall–Kier alpha value is -1.76. The molecule has 1 aliphatic carbocycles. The highest BCUT2D eigenvalue weighted by atomic mass is 16.3. The molecule has 18 heavy (non-hydrogen) atoms. The highest BCUT2D eigenvalue weighted by Crippen LogP contribution is 2.43. The van der Waals surface area contributed by atoms with Crippen LogP contribution in [0.25, 0.3) is 0 Å². The first-order valence-electron chi connectivity index (χ1n) is 6.55. The quantitative estimate of drug-likeness (QED) is 0.793. The van der Waals surface area contributed by atoms with Gasteiger partial charge in [0.15, 0.2) is 0 Å². The Morgan fingerprint density at radius 1 is 1.00 bits per heavy atom. The molecule has 1 atom stereocenters. The molecule has 0 spiro atoms. The van der Waals surface area contributed by atoms with Crippen LogP contribution in [0, 0.1) is 13.8 Å². The number of para-hydroxylation sites is 1. The molecule has 0 amide bonds. The van der Waals surface area contributed by atoms with E-state index in [9.17, 15) is 5.11 Å². The second-order valence-electron chi connectivity index (χ2n) is 5.24. The molecule has 0 aliphatic heterocycles. The van der Waals surface area contributed by atoms with Gasteiger partial charge in [-0.1, -0.05) is 30.3 Å². The van der Waals surface area contributed by atoms with Crippen LogP contribution in [0.2, 0.25) is 0 Å². The maximum absolute atomic E-state index is 10.1. The second kappa shape index (κ2) is 4.16. The lowest BCUT2D eigenvalue weighted by molar-refractivity contribution is 0.464. The topological polar surface area (TPSA) is 20.2 Å². The van der Waals surface area contributed by atoms with E-state index in [2.05, 4.69) is 32.0 Å². The van der Waals surface area contributed by atoms with Crippen molar-refractivity contribution in [1.29, 1.82) is 0 Å². The zero-order valence-corrected chi connectivity index (χ0v) is 10.9. The predicted octanol–water partition coefficient (Wildman–Crippen LogP) is 4.09. The van der Waals surface area contributed by atoms with Crippen molar-refractivity contribution in [3.05, 3.63) is 64.2 Å². The van der Waals surface area contributed by atoms with E-state index >= 15 is 0 Å². The Morgan fingerprint density at radius 2 is 1.72 bits per heavy atom. The lowest BCUT2D eigenvalue weighted by Gasteiger charge is -2.16. The van der Waals surface area contributed by atoms with Crippen molar-refractivity contribution in [3.63, 3.8) is 0 Å². The lowest BCUT2D eigenvalue weighted by atomic mass is 9.88. The number of phenolic OH excluding ortho intramolecular Hbond substituents is 1. The molecule has 3 rings (SSSR count). The minimum atomic E-state index is 0.362. The summed E-state index contributed by atoms with van der Waals surface area (Å²) in [6.07, 6.45) is 2.24. The van der Waals surface area contributed by atoms with E-state index in [0.29, 0.717) is 11.7 Å². The van der Waals surface area contributed by atoms with Crippen molar-refractivity contribution in [3.8, 4) is 5.75 Å². The van der Waals surface area contributed by atoms with Gasteiger partial charge >= 0.3 is 0 Å². The van der Waals surface area contributed by atoms with E-state index in [-0.39, 0.29) is 0 Å². The van der Waals surface area contributed by atoms with Crippen LogP contribution in [0.15, 0.2) is 36.4 Å². The van der Waals surface area contributed by atoms with Crippen LogP contribution in [0.4, 0.5) is 0 Å². The maximum Gasteiger partial charge on any atom is 0.119 e. The van der Waals surface area contributed by atoms with Gasteiger partial charge in [0.25, 0.3) is 0 Å². The summed E-state index contributed by atoms with van der Waals surface area (Å²) in [5, 5.41) is 10.1. The number of aromatic hydroxyl groups is 1. The molecule has 0 saturated carbocycles. The molecule has 92 valence electrons. The van der Waals surface area contributed by atoms with Crippen molar-refractivity contribution < 1.29 is 5.11 Å². The zero-order valence-electron chi connectivity index (χ0n) is 10.9. The third-order valence-corrected chi connectivity index (χ3v) is 4.15. The molecule has 1 nitrogen and oxygen atoms in total. The molecule has 0 saturated heterocycles. The van der Waals surface area contributed by atoms with Crippen molar-refractivity contribution in [1.82, 2.24) is 0 Å². The Bertz CT molecular complexity index is 599. The minimum absolute atomic E-state index is 0.362. The smallest absolute Gasteiger partial charge is 0.119 e. The summed E-state index contributed by atoms with van der Waals surface area (Å²) >= 11 is 0. The Morgan fingerprint density at radius 3 is 2.50 bits per heavy atom. The average molecular weight is 238 g/mol. The predicted molar refractivity (Wildman–Crippen MR) is 74.2 cm³/mol. The van der Waals surface area contributed by atoms with Gasteiger partial charge in [0.05, 0.1) is 0 Å². The highest BCUT2D eigenvalue weighted by molar-refractivity contribution is 5.52. The first-order valence-corrected chi connectivity index (χ1v) is 6.55. The number of hydrogen-bond acceptors (Lipinski definition) is 1. The van der Waals surface area contributed by atoms with Crippen molar-refractivity contribution in [2.24, 2.45) is 0 Å². The van der Waals surface area contributed by atoms with Crippen molar-refractivity contribution in [2.45, 2.75) is 32.6 Å². The zero-order chi connectivity index (χ0) is 12.7. The molecular weight excluding hydrogens is 220 g/mol. The summed E-state index contributed by atoms with van der Waals surface area (Å²) in [4.78, 5) is 0. The summed E-state index contributed by atoms with van der Waals surface area (Å²) in [5.41, 5.74) is 6.74. The fraction of sp³-hybridized carbons (Fsp3) is 0.294. The van der Waals surface area contributed by atoms with Gasteiger partial charge in [-0.2, -0.15) is 0 Å². The molecule has 0 bridgehead atoms. The van der Waals surface area contributed by atoms with Gasteiger partial charge in [0.1, 0.15) is 5.75 Å². The summed E-state index contributed by atoms with van der Waals surface area (Å²) in [5.74, 6) is 0.789. The molecule has 1 N–H and O–H groups in total. The monoisotopic (exact) mass is 238 g/mol. The molecule has 0 radical (unpaired) electrons. The Kier molecular flexibility index (Phi) is 2.62. The molecule has 0 fully saturated rings.